The standard InChI is InChI=1S/C18H23FN2O/c1-14(2)8-9-22-18-11-15(10-16(19)12-18)13-20-21-17-6-4-3-5-7-17/h3-7,10-12,14,20-21H,8-9,13H2,1-2H3. The molecule has 22 heavy (non-hydrogen) atoms. The topological polar surface area (TPSA) is 33.3 Å². The van der Waals surface area contributed by atoms with Gasteiger partial charge in [-0.05, 0) is 42.2 Å². The average molecular weight is 302 g/mol. The highest BCUT2D eigenvalue weighted by Crippen LogP contribution is 2.17. The van der Waals surface area contributed by atoms with E-state index in [2.05, 4.69) is 24.7 Å². The number of rotatable bonds is 8. The predicted octanol–water partition coefficient (Wildman–Crippen LogP) is 4.37. The third-order valence-corrected chi connectivity index (χ3v) is 3.19. The second-order valence-corrected chi connectivity index (χ2v) is 5.67. The van der Waals surface area contributed by atoms with Gasteiger partial charge in [-0.3, -0.25) is 0 Å². The van der Waals surface area contributed by atoms with Crippen LogP contribution in [0.5, 0.6) is 5.75 Å². The largest absolute Gasteiger partial charge is 0.493 e. The molecule has 2 aromatic carbocycles. The molecule has 4 heteroatoms. The van der Waals surface area contributed by atoms with Gasteiger partial charge in [0.05, 0.1) is 6.61 Å². The Morgan fingerprint density at radius 2 is 1.86 bits per heavy atom. The van der Waals surface area contributed by atoms with E-state index in [-0.39, 0.29) is 5.82 Å². The Labute approximate surface area is 131 Å². The molecule has 0 aliphatic heterocycles. The van der Waals surface area contributed by atoms with Gasteiger partial charge < -0.3 is 10.2 Å². The van der Waals surface area contributed by atoms with Gasteiger partial charge in [0.2, 0.25) is 0 Å². The van der Waals surface area contributed by atoms with Crippen LogP contribution in [0.2, 0.25) is 0 Å². The molecule has 0 unspecified atom stereocenters. The average Bonchev–Trinajstić information content (AvgIpc) is 2.47. The molecule has 2 aromatic rings. The number of hydrazine groups is 1. The first-order valence-corrected chi connectivity index (χ1v) is 7.59. The van der Waals surface area contributed by atoms with Crippen LogP contribution in [-0.2, 0) is 6.54 Å². The molecule has 0 saturated carbocycles. The number of benzene rings is 2. The van der Waals surface area contributed by atoms with Gasteiger partial charge in [-0.2, -0.15) is 0 Å². The Morgan fingerprint density at radius 1 is 1.09 bits per heavy atom. The van der Waals surface area contributed by atoms with Crippen molar-refractivity contribution in [1.82, 2.24) is 5.43 Å². The van der Waals surface area contributed by atoms with E-state index in [1.54, 1.807) is 0 Å². The molecule has 0 aromatic heterocycles. The first-order valence-electron chi connectivity index (χ1n) is 7.59. The molecular formula is C18H23FN2O. The van der Waals surface area contributed by atoms with Gasteiger partial charge in [0.25, 0.3) is 0 Å². The Bertz CT molecular complexity index is 573. The quantitative estimate of drug-likeness (QED) is 0.711. The summed E-state index contributed by atoms with van der Waals surface area (Å²) < 4.78 is 19.3. The van der Waals surface area contributed by atoms with E-state index in [4.69, 9.17) is 4.74 Å². The highest BCUT2D eigenvalue weighted by Gasteiger charge is 2.03. The molecule has 2 rings (SSSR count). The van der Waals surface area contributed by atoms with Crippen molar-refractivity contribution in [3.8, 4) is 5.75 Å². The molecule has 0 aliphatic rings. The normalized spacial score (nSPS) is 10.7. The maximum atomic E-state index is 13.6. The number of para-hydroxylation sites is 1. The Hall–Kier alpha value is -2.07. The number of ether oxygens (including phenoxy) is 1. The lowest BCUT2D eigenvalue weighted by atomic mass is 10.1. The van der Waals surface area contributed by atoms with Crippen LogP contribution in [0.3, 0.4) is 0 Å². The van der Waals surface area contributed by atoms with Crippen molar-refractivity contribution >= 4 is 5.69 Å². The molecule has 3 nitrogen and oxygen atoms in total. The summed E-state index contributed by atoms with van der Waals surface area (Å²) in [6, 6.07) is 14.6. The second-order valence-electron chi connectivity index (χ2n) is 5.67. The molecule has 0 spiro atoms. The summed E-state index contributed by atoms with van der Waals surface area (Å²) in [6.07, 6.45) is 0.958. The van der Waals surface area contributed by atoms with E-state index >= 15 is 0 Å². The number of hydrogen-bond donors (Lipinski definition) is 2. The van der Waals surface area contributed by atoms with Crippen molar-refractivity contribution in [3.05, 3.63) is 59.9 Å². The third kappa shape index (κ3) is 5.74. The number of hydrogen-bond acceptors (Lipinski definition) is 3. The van der Waals surface area contributed by atoms with Crippen molar-refractivity contribution in [2.24, 2.45) is 5.92 Å². The molecule has 0 saturated heterocycles. The maximum Gasteiger partial charge on any atom is 0.127 e. The Morgan fingerprint density at radius 3 is 2.59 bits per heavy atom. The number of halogens is 1. The lowest BCUT2D eigenvalue weighted by Crippen LogP contribution is -2.20. The molecule has 0 heterocycles. The summed E-state index contributed by atoms with van der Waals surface area (Å²) >= 11 is 0. The van der Waals surface area contributed by atoms with E-state index in [0.717, 1.165) is 17.7 Å². The molecular weight excluding hydrogens is 279 g/mol. The van der Waals surface area contributed by atoms with E-state index in [1.165, 1.54) is 12.1 Å². The fourth-order valence-corrected chi connectivity index (χ4v) is 1.99. The lowest BCUT2D eigenvalue weighted by Gasteiger charge is -2.11. The van der Waals surface area contributed by atoms with Crippen LogP contribution in [-0.4, -0.2) is 6.61 Å². The smallest absolute Gasteiger partial charge is 0.127 e. The molecule has 0 amide bonds. The monoisotopic (exact) mass is 302 g/mol. The fraction of sp³-hybridized carbons (Fsp3) is 0.333. The third-order valence-electron chi connectivity index (χ3n) is 3.19. The van der Waals surface area contributed by atoms with Gasteiger partial charge in [-0.1, -0.05) is 32.0 Å². The van der Waals surface area contributed by atoms with Crippen LogP contribution in [0, 0.1) is 11.7 Å². The fourth-order valence-electron chi connectivity index (χ4n) is 1.99. The van der Waals surface area contributed by atoms with Crippen LogP contribution in [0.1, 0.15) is 25.8 Å². The molecule has 2 N–H and O–H groups in total. The summed E-state index contributed by atoms with van der Waals surface area (Å²) in [6.45, 7) is 5.39. The van der Waals surface area contributed by atoms with Gasteiger partial charge in [-0.25, -0.2) is 9.82 Å². The molecule has 0 fully saturated rings. The van der Waals surface area contributed by atoms with E-state index in [0.29, 0.717) is 24.8 Å². The van der Waals surface area contributed by atoms with E-state index < -0.39 is 0 Å². The van der Waals surface area contributed by atoms with E-state index in [9.17, 15) is 4.39 Å². The summed E-state index contributed by atoms with van der Waals surface area (Å²) in [4.78, 5) is 0. The molecule has 0 aliphatic carbocycles. The van der Waals surface area contributed by atoms with Crippen molar-refractivity contribution in [3.63, 3.8) is 0 Å². The van der Waals surface area contributed by atoms with Crippen molar-refractivity contribution in [2.45, 2.75) is 26.8 Å². The minimum absolute atomic E-state index is 0.279. The Balaban J connectivity index is 1.86. The highest BCUT2D eigenvalue weighted by molar-refractivity contribution is 5.41. The van der Waals surface area contributed by atoms with Crippen LogP contribution >= 0.6 is 0 Å². The second kappa shape index (κ2) is 8.39. The number of nitrogens with one attached hydrogen (secondary N) is 2. The summed E-state index contributed by atoms with van der Waals surface area (Å²) in [7, 11) is 0. The van der Waals surface area contributed by atoms with E-state index in [1.807, 2.05) is 36.4 Å². The number of anilines is 1. The Kier molecular flexibility index (Phi) is 6.22. The van der Waals surface area contributed by atoms with Crippen LogP contribution < -0.4 is 15.6 Å². The zero-order chi connectivity index (χ0) is 15.8. The van der Waals surface area contributed by atoms with Gasteiger partial charge in [0, 0.05) is 18.3 Å². The summed E-state index contributed by atoms with van der Waals surface area (Å²) in [5.41, 5.74) is 7.95. The maximum absolute atomic E-state index is 13.6. The minimum atomic E-state index is -0.279. The first-order chi connectivity index (χ1) is 10.6. The van der Waals surface area contributed by atoms with Crippen molar-refractivity contribution in [2.75, 3.05) is 12.0 Å². The summed E-state index contributed by atoms with van der Waals surface area (Å²) in [5, 5.41) is 0. The molecule has 0 atom stereocenters. The van der Waals surface area contributed by atoms with Crippen LogP contribution in [0.4, 0.5) is 10.1 Å². The predicted molar refractivity (Wildman–Crippen MR) is 88.3 cm³/mol. The van der Waals surface area contributed by atoms with Crippen molar-refractivity contribution < 1.29 is 9.13 Å². The first kappa shape index (κ1) is 16.3. The molecule has 0 bridgehead atoms. The summed E-state index contributed by atoms with van der Waals surface area (Å²) in [5.74, 6) is 0.875. The molecule has 0 radical (unpaired) electrons. The van der Waals surface area contributed by atoms with Gasteiger partial charge >= 0.3 is 0 Å². The zero-order valence-electron chi connectivity index (χ0n) is 13.1. The zero-order valence-corrected chi connectivity index (χ0v) is 13.1. The van der Waals surface area contributed by atoms with Crippen LogP contribution in [0.25, 0.3) is 0 Å². The van der Waals surface area contributed by atoms with Crippen molar-refractivity contribution in [1.29, 1.82) is 0 Å². The highest BCUT2D eigenvalue weighted by atomic mass is 19.1. The SMILES string of the molecule is CC(C)CCOc1cc(F)cc(CNNc2ccccc2)c1. The van der Waals surface area contributed by atoms with Gasteiger partial charge in [0.1, 0.15) is 11.6 Å². The lowest BCUT2D eigenvalue weighted by molar-refractivity contribution is 0.288. The molecule has 118 valence electrons. The van der Waals surface area contributed by atoms with Crippen LogP contribution in [0.15, 0.2) is 48.5 Å². The van der Waals surface area contributed by atoms with Gasteiger partial charge in [-0.15, -0.1) is 0 Å². The minimum Gasteiger partial charge on any atom is -0.493 e. The van der Waals surface area contributed by atoms with Gasteiger partial charge in [0.15, 0.2) is 0 Å².